The second-order valence-electron chi connectivity index (χ2n) is 7.40. The largest absolute Gasteiger partial charge is 0.493 e. The standard InChI is InChI=1S/C24H25ClN2O5S/c1-4-14(2)16-5-7-17(8-6-16)31-9-10-32-21-19(25)12-15(13-20(21)30-3)11-18-22(28)26-24(33)27-23(18)29/h5-8,11-14H,4,9-10H2,1-3H3,(H2,26,27,28,29,33). The molecule has 1 heterocycles. The van der Waals surface area contributed by atoms with E-state index < -0.39 is 11.8 Å². The zero-order valence-corrected chi connectivity index (χ0v) is 20.1. The predicted octanol–water partition coefficient (Wildman–Crippen LogP) is 4.23. The van der Waals surface area contributed by atoms with Crippen LogP contribution in [0.5, 0.6) is 17.2 Å². The van der Waals surface area contributed by atoms with Crippen molar-refractivity contribution in [1.29, 1.82) is 0 Å². The first-order valence-corrected chi connectivity index (χ1v) is 11.2. The summed E-state index contributed by atoms with van der Waals surface area (Å²) in [5.74, 6) is 0.793. The van der Waals surface area contributed by atoms with Crippen LogP contribution in [-0.2, 0) is 9.59 Å². The van der Waals surface area contributed by atoms with E-state index in [1.807, 2.05) is 12.1 Å². The number of amides is 2. The number of carbonyl (C=O) groups excluding carboxylic acids is 2. The maximum Gasteiger partial charge on any atom is 0.263 e. The van der Waals surface area contributed by atoms with Crippen LogP contribution >= 0.6 is 23.8 Å². The Bertz CT molecular complexity index is 1060. The molecule has 2 aromatic carbocycles. The van der Waals surface area contributed by atoms with E-state index in [-0.39, 0.29) is 22.3 Å². The highest BCUT2D eigenvalue weighted by Gasteiger charge is 2.26. The summed E-state index contributed by atoms with van der Waals surface area (Å²) in [5.41, 5.74) is 1.68. The molecule has 2 amide bonds. The van der Waals surface area contributed by atoms with Gasteiger partial charge in [0.15, 0.2) is 16.6 Å². The van der Waals surface area contributed by atoms with Crippen molar-refractivity contribution < 1.29 is 23.8 Å². The first kappa shape index (κ1) is 24.5. The highest BCUT2D eigenvalue weighted by molar-refractivity contribution is 7.80. The molecule has 0 radical (unpaired) electrons. The van der Waals surface area contributed by atoms with Crippen LogP contribution in [0, 0.1) is 0 Å². The Morgan fingerprint density at radius 2 is 1.70 bits per heavy atom. The van der Waals surface area contributed by atoms with E-state index in [4.69, 9.17) is 38.0 Å². The predicted molar refractivity (Wildman–Crippen MR) is 131 cm³/mol. The molecule has 174 valence electrons. The van der Waals surface area contributed by atoms with Crippen LogP contribution in [0.25, 0.3) is 6.08 Å². The van der Waals surface area contributed by atoms with Crippen LogP contribution < -0.4 is 24.8 Å². The lowest BCUT2D eigenvalue weighted by atomic mass is 9.99. The maximum atomic E-state index is 12.1. The molecule has 1 fully saturated rings. The van der Waals surface area contributed by atoms with E-state index in [9.17, 15) is 9.59 Å². The molecular formula is C24H25ClN2O5S. The van der Waals surface area contributed by atoms with E-state index in [0.717, 1.165) is 12.2 Å². The molecule has 9 heteroatoms. The van der Waals surface area contributed by atoms with Crippen LogP contribution in [0.3, 0.4) is 0 Å². The summed E-state index contributed by atoms with van der Waals surface area (Å²) in [6.45, 7) is 4.91. The van der Waals surface area contributed by atoms with Crippen LogP contribution in [0.2, 0.25) is 5.02 Å². The highest BCUT2D eigenvalue weighted by atomic mass is 35.5. The summed E-state index contributed by atoms with van der Waals surface area (Å²) in [7, 11) is 1.48. The summed E-state index contributed by atoms with van der Waals surface area (Å²) >= 11 is 11.2. The minimum absolute atomic E-state index is 0.0322. The molecule has 0 aromatic heterocycles. The Hall–Kier alpha value is -3.10. The first-order valence-electron chi connectivity index (χ1n) is 10.4. The fourth-order valence-electron chi connectivity index (χ4n) is 3.17. The van der Waals surface area contributed by atoms with Gasteiger partial charge in [0.05, 0.1) is 12.1 Å². The third-order valence-electron chi connectivity index (χ3n) is 5.17. The van der Waals surface area contributed by atoms with Crippen molar-refractivity contribution in [2.24, 2.45) is 0 Å². The lowest BCUT2D eigenvalue weighted by Crippen LogP contribution is -2.51. The number of nitrogens with one attached hydrogen (secondary N) is 2. The topological polar surface area (TPSA) is 85.9 Å². The van der Waals surface area contributed by atoms with Crippen molar-refractivity contribution in [1.82, 2.24) is 10.6 Å². The number of hydrogen-bond donors (Lipinski definition) is 2. The molecule has 33 heavy (non-hydrogen) atoms. The average molecular weight is 489 g/mol. The van der Waals surface area contributed by atoms with Gasteiger partial charge in [-0.05, 0) is 66.0 Å². The Balaban J connectivity index is 1.64. The van der Waals surface area contributed by atoms with Gasteiger partial charge in [-0.2, -0.15) is 0 Å². The van der Waals surface area contributed by atoms with Gasteiger partial charge >= 0.3 is 0 Å². The molecule has 1 aliphatic rings. The number of halogens is 1. The van der Waals surface area contributed by atoms with Gasteiger partial charge in [0.25, 0.3) is 11.8 Å². The van der Waals surface area contributed by atoms with Gasteiger partial charge < -0.3 is 14.2 Å². The smallest absolute Gasteiger partial charge is 0.263 e. The minimum Gasteiger partial charge on any atom is -0.493 e. The number of carbonyl (C=O) groups is 2. The molecule has 7 nitrogen and oxygen atoms in total. The third kappa shape index (κ3) is 6.24. The van der Waals surface area contributed by atoms with Crippen molar-refractivity contribution in [3.63, 3.8) is 0 Å². The van der Waals surface area contributed by atoms with Crippen molar-refractivity contribution >= 4 is 46.8 Å². The van der Waals surface area contributed by atoms with E-state index in [1.54, 1.807) is 12.1 Å². The number of rotatable bonds is 9. The lowest BCUT2D eigenvalue weighted by molar-refractivity contribution is -0.123. The molecular weight excluding hydrogens is 464 g/mol. The number of thiocarbonyl (C=S) groups is 1. The molecule has 0 aliphatic carbocycles. The summed E-state index contributed by atoms with van der Waals surface area (Å²) in [6.07, 6.45) is 2.48. The molecule has 0 spiro atoms. The normalized spacial score (nSPS) is 14.3. The van der Waals surface area contributed by atoms with Gasteiger partial charge in [-0.15, -0.1) is 0 Å². The lowest BCUT2D eigenvalue weighted by Gasteiger charge is -2.17. The van der Waals surface area contributed by atoms with Crippen molar-refractivity contribution in [3.05, 3.63) is 58.1 Å². The average Bonchev–Trinajstić information content (AvgIpc) is 2.79. The molecule has 3 rings (SSSR count). The number of ether oxygens (including phenoxy) is 3. The van der Waals surface area contributed by atoms with Gasteiger partial charge in [0, 0.05) is 0 Å². The summed E-state index contributed by atoms with van der Waals surface area (Å²) < 4.78 is 16.9. The molecule has 0 saturated carbocycles. The van der Waals surface area contributed by atoms with Crippen LogP contribution in [0.1, 0.15) is 37.3 Å². The van der Waals surface area contributed by atoms with Gasteiger partial charge in [-0.25, -0.2) is 0 Å². The highest BCUT2D eigenvalue weighted by Crippen LogP contribution is 2.37. The zero-order valence-electron chi connectivity index (χ0n) is 18.6. The molecule has 2 aromatic rings. The molecule has 1 aliphatic heterocycles. The van der Waals surface area contributed by atoms with Crippen LogP contribution in [0.4, 0.5) is 0 Å². The van der Waals surface area contributed by atoms with E-state index in [2.05, 4.69) is 36.6 Å². The summed E-state index contributed by atoms with van der Waals surface area (Å²) in [5, 5.41) is 5.00. The van der Waals surface area contributed by atoms with Crippen molar-refractivity contribution in [2.45, 2.75) is 26.2 Å². The molecule has 1 atom stereocenters. The van der Waals surface area contributed by atoms with E-state index in [0.29, 0.717) is 29.6 Å². The fourth-order valence-corrected chi connectivity index (χ4v) is 3.63. The Kier molecular flexibility index (Phi) is 8.30. The van der Waals surface area contributed by atoms with Gasteiger partial charge in [0.1, 0.15) is 24.5 Å². The second-order valence-corrected chi connectivity index (χ2v) is 8.22. The van der Waals surface area contributed by atoms with Crippen LogP contribution in [0.15, 0.2) is 42.0 Å². The fraction of sp³-hybridized carbons (Fsp3) is 0.292. The Labute approximate surface area is 203 Å². The number of methoxy groups -OCH3 is 1. The Morgan fingerprint density at radius 3 is 2.30 bits per heavy atom. The number of benzene rings is 2. The van der Waals surface area contributed by atoms with E-state index >= 15 is 0 Å². The number of hydrogen-bond acceptors (Lipinski definition) is 6. The van der Waals surface area contributed by atoms with Gasteiger partial charge in [-0.3, -0.25) is 20.2 Å². The summed E-state index contributed by atoms with van der Waals surface area (Å²) in [6, 6.07) is 11.2. The zero-order chi connectivity index (χ0) is 24.0. The minimum atomic E-state index is -0.589. The van der Waals surface area contributed by atoms with Gasteiger partial charge in [-0.1, -0.05) is 37.6 Å². The maximum absolute atomic E-state index is 12.1. The van der Waals surface area contributed by atoms with Gasteiger partial charge in [0.2, 0.25) is 0 Å². The summed E-state index contributed by atoms with van der Waals surface area (Å²) in [4.78, 5) is 24.1. The molecule has 2 N–H and O–H groups in total. The molecule has 1 unspecified atom stereocenters. The first-order chi connectivity index (χ1) is 15.8. The third-order valence-corrected chi connectivity index (χ3v) is 5.65. The second kappa shape index (κ2) is 11.2. The molecule has 1 saturated heterocycles. The van der Waals surface area contributed by atoms with Crippen molar-refractivity contribution in [2.75, 3.05) is 20.3 Å². The monoisotopic (exact) mass is 488 g/mol. The van der Waals surface area contributed by atoms with E-state index in [1.165, 1.54) is 18.7 Å². The van der Waals surface area contributed by atoms with Crippen LogP contribution in [-0.4, -0.2) is 37.3 Å². The Morgan fingerprint density at radius 1 is 1.06 bits per heavy atom. The quantitative estimate of drug-likeness (QED) is 0.238. The van der Waals surface area contributed by atoms with Crippen molar-refractivity contribution in [3.8, 4) is 17.2 Å². The SMILES string of the molecule is CCC(C)c1ccc(OCCOc2c(Cl)cc(C=C3C(=O)NC(=S)NC3=O)cc2OC)cc1. The molecule has 0 bridgehead atoms.